The van der Waals surface area contributed by atoms with Gasteiger partial charge in [0.05, 0.1) is 5.54 Å². The van der Waals surface area contributed by atoms with Gasteiger partial charge < -0.3 is 0 Å². The summed E-state index contributed by atoms with van der Waals surface area (Å²) in [6.45, 7) is 6.50. The Kier molecular flexibility index (Phi) is 4.03. The van der Waals surface area contributed by atoms with E-state index in [9.17, 15) is 4.79 Å². The van der Waals surface area contributed by atoms with Crippen molar-refractivity contribution in [2.24, 2.45) is 0 Å². The first-order chi connectivity index (χ1) is 8.18. The first-order valence-corrected chi connectivity index (χ1v) is 7.17. The summed E-state index contributed by atoms with van der Waals surface area (Å²) < 4.78 is 0. The van der Waals surface area contributed by atoms with Crippen molar-refractivity contribution in [3.05, 3.63) is 11.6 Å². The van der Waals surface area contributed by atoms with Crippen molar-refractivity contribution in [3.63, 3.8) is 0 Å². The van der Waals surface area contributed by atoms with E-state index in [0.29, 0.717) is 5.78 Å². The highest BCUT2D eigenvalue weighted by Crippen LogP contribution is 2.31. The number of nitrogens with zero attached hydrogens (tertiary/aromatic N) is 1. The molecule has 0 saturated carbocycles. The number of allylic oxidation sites excluding steroid dienone is 1. The molecule has 1 aliphatic carbocycles. The van der Waals surface area contributed by atoms with Gasteiger partial charge in [0.15, 0.2) is 5.78 Å². The van der Waals surface area contributed by atoms with Crippen LogP contribution in [0.4, 0.5) is 0 Å². The lowest BCUT2D eigenvalue weighted by Gasteiger charge is -2.37. The number of hydrogen-bond acceptors (Lipinski definition) is 2. The summed E-state index contributed by atoms with van der Waals surface area (Å²) in [6.07, 6.45) is 10.2. The van der Waals surface area contributed by atoms with Crippen LogP contribution >= 0.6 is 0 Å². The number of hydrogen-bond donors (Lipinski definition) is 0. The molecule has 0 aromatic carbocycles. The molecule has 1 fully saturated rings. The Morgan fingerprint density at radius 1 is 1.29 bits per heavy atom. The maximum Gasteiger partial charge on any atom is 0.178 e. The Labute approximate surface area is 105 Å². The molecule has 17 heavy (non-hydrogen) atoms. The number of carbonyl (C=O) groups is 1. The highest BCUT2D eigenvalue weighted by molar-refractivity contribution is 6.02. The third-order valence-corrected chi connectivity index (χ3v) is 4.56. The molecular formula is C15H25NO. The van der Waals surface area contributed by atoms with Gasteiger partial charge in [-0.25, -0.2) is 0 Å². The monoisotopic (exact) mass is 235 g/mol. The Bertz CT molecular complexity index is 315. The molecule has 0 radical (unpaired) electrons. The molecule has 0 bridgehead atoms. The predicted octanol–water partition coefficient (Wildman–Crippen LogP) is 3.32. The summed E-state index contributed by atoms with van der Waals surface area (Å²) in [5, 5.41) is 0. The first-order valence-electron chi connectivity index (χ1n) is 7.17. The average Bonchev–Trinajstić information content (AvgIpc) is 2.92. The van der Waals surface area contributed by atoms with Crippen molar-refractivity contribution in [2.45, 2.75) is 64.3 Å². The lowest BCUT2D eigenvalue weighted by atomic mass is 9.83. The molecule has 1 saturated heterocycles. The molecular weight excluding hydrogens is 210 g/mol. The van der Waals surface area contributed by atoms with Gasteiger partial charge >= 0.3 is 0 Å². The van der Waals surface area contributed by atoms with Gasteiger partial charge in [-0.05, 0) is 70.5 Å². The Balaban J connectivity index is 2.15. The van der Waals surface area contributed by atoms with Crippen LogP contribution in [0.1, 0.15) is 58.8 Å². The van der Waals surface area contributed by atoms with E-state index in [2.05, 4.69) is 24.8 Å². The summed E-state index contributed by atoms with van der Waals surface area (Å²) in [7, 11) is 0. The van der Waals surface area contributed by atoms with Gasteiger partial charge in [-0.2, -0.15) is 0 Å². The minimum absolute atomic E-state index is 0.236. The molecule has 2 aliphatic rings. The summed E-state index contributed by atoms with van der Waals surface area (Å²) in [6, 6.07) is 0. The molecule has 96 valence electrons. The molecule has 0 spiro atoms. The van der Waals surface area contributed by atoms with Crippen LogP contribution in [-0.4, -0.2) is 29.3 Å². The Morgan fingerprint density at radius 3 is 2.53 bits per heavy atom. The molecule has 1 unspecified atom stereocenters. The van der Waals surface area contributed by atoms with E-state index in [-0.39, 0.29) is 5.54 Å². The number of carbonyl (C=O) groups excluding carboxylic acids is 1. The van der Waals surface area contributed by atoms with E-state index in [1.54, 1.807) is 0 Å². The van der Waals surface area contributed by atoms with Gasteiger partial charge in [0.25, 0.3) is 0 Å². The van der Waals surface area contributed by atoms with Crippen LogP contribution in [0, 0.1) is 0 Å². The third kappa shape index (κ3) is 2.47. The van der Waals surface area contributed by atoms with E-state index in [0.717, 1.165) is 37.9 Å². The van der Waals surface area contributed by atoms with Crippen molar-refractivity contribution < 1.29 is 4.79 Å². The zero-order chi connectivity index (χ0) is 12.3. The fourth-order valence-corrected chi connectivity index (χ4v) is 3.13. The fraction of sp³-hybridized carbons (Fsp3) is 0.800. The van der Waals surface area contributed by atoms with Crippen LogP contribution in [0.5, 0.6) is 0 Å². The van der Waals surface area contributed by atoms with Crippen molar-refractivity contribution in [1.29, 1.82) is 0 Å². The predicted molar refractivity (Wildman–Crippen MR) is 71.1 cm³/mol. The minimum atomic E-state index is -0.236. The lowest BCUT2D eigenvalue weighted by Crippen LogP contribution is -2.51. The molecule has 0 aromatic heterocycles. The van der Waals surface area contributed by atoms with Gasteiger partial charge in [-0.3, -0.25) is 9.69 Å². The van der Waals surface area contributed by atoms with Crippen LogP contribution in [0.2, 0.25) is 0 Å². The highest BCUT2D eigenvalue weighted by atomic mass is 16.1. The highest BCUT2D eigenvalue weighted by Gasteiger charge is 2.39. The van der Waals surface area contributed by atoms with E-state index < -0.39 is 0 Å². The second-order valence-corrected chi connectivity index (χ2v) is 5.63. The third-order valence-electron chi connectivity index (χ3n) is 4.56. The molecule has 1 heterocycles. The zero-order valence-electron chi connectivity index (χ0n) is 11.3. The molecule has 1 aliphatic heterocycles. The Hall–Kier alpha value is -0.630. The van der Waals surface area contributed by atoms with Crippen molar-refractivity contribution in [3.8, 4) is 0 Å². The van der Waals surface area contributed by atoms with Crippen molar-refractivity contribution >= 4 is 5.78 Å². The summed E-state index contributed by atoms with van der Waals surface area (Å²) in [4.78, 5) is 15.1. The second kappa shape index (κ2) is 5.34. The Morgan fingerprint density at radius 2 is 2.00 bits per heavy atom. The van der Waals surface area contributed by atoms with E-state index in [1.165, 1.54) is 25.7 Å². The average molecular weight is 235 g/mol. The van der Waals surface area contributed by atoms with Crippen LogP contribution in [0.3, 0.4) is 0 Å². The zero-order valence-corrected chi connectivity index (χ0v) is 11.3. The SMILES string of the molecule is CCC(C)(C(=O)C1=CCCCC1)N1CCCC1. The summed E-state index contributed by atoms with van der Waals surface area (Å²) in [5.74, 6) is 0.404. The van der Waals surface area contributed by atoms with Gasteiger partial charge in [0.2, 0.25) is 0 Å². The molecule has 0 amide bonds. The molecule has 2 heteroatoms. The number of likely N-dealkylation sites (tertiary alicyclic amines) is 1. The van der Waals surface area contributed by atoms with Crippen molar-refractivity contribution in [1.82, 2.24) is 4.90 Å². The van der Waals surface area contributed by atoms with Gasteiger partial charge in [0.1, 0.15) is 0 Å². The van der Waals surface area contributed by atoms with Crippen LogP contribution in [-0.2, 0) is 4.79 Å². The van der Waals surface area contributed by atoms with E-state index in [4.69, 9.17) is 0 Å². The lowest BCUT2D eigenvalue weighted by molar-refractivity contribution is -0.126. The van der Waals surface area contributed by atoms with Crippen LogP contribution in [0.15, 0.2) is 11.6 Å². The molecule has 0 aromatic rings. The van der Waals surface area contributed by atoms with Crippen LogP contribution in [0.25, 0.3) is 0 Å². The number of Topliss-reactive ketones (excluding diaryl/α,β-unsaturated/α-hetero) is 1. The minimum Gasteiger partial charge on any atom is -0.292 e. The quantitative estimate of drug-likeness (QED) is 0.745. The fourth-order valence-electron chi connectivity index (χ4n) is 3.13. The number of rotatable bonds is 4. The second-order valence-electron chi connectivity index (χ2n) is 5.63. The summed E-state index contributed by atoms with van der Waals surface area (Å²) in [5.41, 5.74) is 0.868. The summed E-state index contributed by atoms with van der Waals surface area (Å²) >= 11 is 0. The molecule has 0 N–H and O–H groups in total. The van der Waals surface area contributed by atoms with E-state index >= 15 is 0 Å². The largest absolute Gasteiger partial charge is 0.292 e. The van der Waals surface area contributed by atoms with Gasteiger partial charge in [-0.1, -0.05) is 13.0 Å². The first kappa shape index (κ1) is 12.8. The maximum absolute atomic E-state index is 12.7. The molecule has 2 rings (SSSR count). The topological polar surface area (TPSA) is 20.3 Å². The van der Waals surface area contributed by atoms with Gasteiger partial charge in [-0.15, -0.1) is 0 Å². The smallest absolute Gasteiger partial charge is 0.178 e. The molecule has 1 atom stereocenters. The van der Waals surface area contributed by atoms with Gasteiger partial charge in [0, 0.05) is 0 Å². The molecule has 2 nitrogen and oxygen atoms in total. The number of ketones is 1. The van der Waals surface area contributed by atoms with Crippen molar-refractivity contribution in [2.75, 3.05) is 13.1 Å². The standard InChI is InChI=1S/C15H25NO/c1-3-15(2,16-11-7-8-12-16)14(17)13-9-5-4-6-10-13/h9H,3-8,10-12H2,1-2H3. The normalized spacial score (nSPS) is 25.4. The maximum atomic E-state index is 12.7. The van der Waals surface area contributed by atoms with E-state index in [1.807, 2.05) is 0 Å². The van der Waals surface area contributed by atoms with Crippen LogP contribution < -0.4 is 0 Å².